The van der Waals surface area contributed by atoms with E-state index in [1.54, 1.807) is 0 Å². The Morgan fingerprint density at radius 2 is 1.60 bits per heavy atom. The smallest absolute Gasteiger partial charge is 0.230 e. The number of amides is 2. The summed E-state index contributed by atoms with van der Waals surface area (Å²) in [4.78, 5) is 23.2. The first-order valence-electron chi connectivity index (χ1n) is 4.26. The van der Waals surface area contributed by atoms with E-state index in [2.05, 4.69) is 0 Å². The van der Waals surface area contributed by atoms with Gasteiger partial charge in [-0.3, -0.25) is 14.5 Å². The van der Waals surface area contributed by atoms with Gasteiger partial charge < -0.3 is 10.2 Å². The summed E-state index contributed by atoms with van der Waals surface area (Å²) < 4.78 is 0. The Morgan fingerprint density at radius 1 is 1.07 bits per heavy atom. The molecule has 2 N–H and O–H groups in total. The van der Waals surface area contributed by atoms with Gasteiger partial charge in [0.05, 0.1) is 5.69 Å². The number of nitrogens with zero attached hydrogens (tertiary/aromatic N) is 1. The molecule has 2 amide bonds. The Labute approximate surface area is 86.6 Å². The predicted molar refractivity (Wildman–Crippen MR) is 53.6 cm³/mol. The summed E-state index contributed by atoms with van der Waals surface area (Å²) in [5, 5.41) is 18.3. The molecule has 80 valence electrons. The van der Waals surface area contributed by atoms with E-state index in [-0.39, 0.29) is 17.2 Å². The number of carbonyl (C=O) groups is 2. The van der Waals surface area contributed by atoms with Crippen molar-refractivity contribution >= 4 is 17.5 Å². The lowest BCUT2D eigenvalue weighted by Gasteiger charge is -2.17. The van der Waals surface area contributed by atoms with Crippen molar-refractivity contribution in [3.63, 3.8) is 0 Å². The number of anilines is 1. The van der Waals surface area contributed by atoms with Crippen molar-refractivity contribution in [2.45, 2.75) is 13.8 Å². The van der Waals surface area contributed by atoms with Crippen LogP contribution in [0.15, 0.2) is 18.2 Å². The van der Waals surface area contributed by atoms with Crippen LogP contribution in [0.1, 0.15) is 13.8 Å². The average Bonchev–Trinajstić information content (AvgIpc) is 2.10. The molecule has 1 aromatic carbocycles. The zero-order chi connectivity index (χ0) is 11.6. The highest BCUT2D eigenvalue weighted by atomic mass is 16.3. The number of phenols is 2. The van der Waals surface area contributed by atoms with Crippen LogP contribution in [0.4, 0.5) is 5.69 Å². The normalized spacial score (nSPS) is 9.73. The van der Waals surface area contributed by atoms with Gasteiger partial charge in [-0.2, -0.15) is 0 Å². The lowest BCUT2D eigenvalue weighted by molar-refractivity contribution is -0.124. The molecule has 0 saturated carbocycles. The van der Waals surface area contributed by atoms with Crippen molar-refractivity contribution < 1.29 is 19.8 Å². The maximum Gasteiger partial charge on any atom is 0.230 e. The Bertz CT molecular complexity index is 400. The number of imide groups is 1. The highest BCUT2D eigenvalue weighted by Crippen LogP contribution is 2.29. The molecule has 0 aliphatic rings. The topological polar surface area (TPSA) is 77.8 Å². The molecule has 5 nitrogen and oxygen atoms in total. The fourth-order valence-corrected chi connectivity index (χ4v) is 1.24. The van der Waals surface area contributed by atoms with Crippen LogP contribution < -0.4 is 4.90 Å². The maximum absolute atomic E-state index is 11.1. The molecule has 0 aromatic heterocycles. The number of benzene rings is 1. The quantitative estimate of drug-likeness (QED) is 0.676. The van der Waals surface area contributed by atoms with Gasteiger partial charge in [0.2, 0.25) is 11.8 Å². The van der Waals surface area contributed by atoms with E-state index < -0.39 is 11.8 Å². The van der Waals surface area contributed by atoms with Gasteiger partial charge in [-0.1, -0.05) is 0 Å². The molecule has 0 spiro atoms. The summed E-state index contributed by atoms with van der Waals surface area (Å²) in [7, 11) is 0. The first-order valence-corrected chi connectivity index (χ1v) is 4.26. The first-order chi connectivity index (χ1) is 6.93. The second-order valence-electron chi connectivity index (χ2n) is 3.05. The van der Waals surface area contributed by atoms with E-state index in [1.807, 2.05) is 0 Å². The number of aromatic hydroxyl groups is 2. The Hall–Kier alpha value is -2.04. The van der Waals surface area contributed by atoms with Crippen LogP contribution in [0.25, 0.3) is 0 Å². The first kappa shape index (κ1) is 11.0. The van der Waals surface area contributed by atoms with E-state index in [1.165, 1.54) is 26.0 Å². The van der Waals surface area contributed by atoms with Crippen LogP contribution in [-0.4, -0.2) is 22.0 Å². The van der Waals surface area contributed by atoms with Crippen molar-refractivity contribution in [1.82, 2.24) is 0 Å². The molecule has 5 heteroatoms. The molecular weight excluding hydrogens is 198 g/mol. The number of phenolic OH excluding ortho intramolecular Hbond substituents is 2. The van der Waals surface area contributed by atoms with E-state index in [9.17, 15) is 14.7 Å². The number of hydrogen-bond acceptors (Lipinski definition) is 4. The molecule has 0 saturated heterocycles. The van der Waals surface area contributed by atoms with Gasteiger partial charge in [-0.15, -0.1) is 0 Å². The minimum absolute atomic E-state index is 0.227. The van der Waals surface area contributed by atoms with Gasteiger partial charge in [0.1, 0.15) is 0 Å². The number of rotatable bonds is 1. The molecule has 0 heterocycles. The van der Waals surface area contributed by atoms with E-state index >= 15 is 0 Å². The molecular formula is C10H11NO4. The summed E-state index contributed by atoms with van der Waals surface area (Å²) in [6.45, 7) is 2.48. The van der Waals surface area contributed by atoms with Crippen LogP contribution in [-0.2, 0) is 9.59 Å². The monoisotopic (exact) mass is 209 g/mol. The lowest BCUT2D eigenvalue weighted by atomic mass is 10.2. The fraction of sp³-hybridized carbons (Fsp3) is 0.200. The highest BCUT2D eigenvalue weighted by Gasteiger charge is 2.17. The largest absolute Gasteiger partial charge is 0.504 e. The summed E-state index contributed by atoms with van der Waals surface area (Å²) in [6, 6.07) is 3.74. The zero-order valence-corrected chi connectivity index (χ0v) is 8.39. The molecule has 0 aliphatic carbocycles. The standard InChI is InChI=1S/C10H11NO4/c1-6(12)11(7(2)13)8-3-4-9(14)10(15)5-8/h3-5,14-15H,1-2H3. The fourth-order valence-electron chi connectivity index (χ4n) is 1.24. The van der Waals surface area contributed by atoms with Crippen molar-refractivity contribution in [2.75, 3.05) is 4.90 Å². The van der Waals surface area contributed by atoms with E-state index in [4.69, 9.17) is 5.11 Å². The van der Waals surface area contributed by atoms with Crippen LogP contribution in [0.2, 0.25) is 0 Å². The predicted octanol–water partition coefficient (Wildman–Crippen LogP) is 0.997. The molecule has 1 rings (SSSR count). The highest BCUT2D eigenvalue weighted by molar-refractivity contribution is 6.13. The van der Waals surface area contributed by atoms with Crippen molar-refractivity contribution in [1.29, 1.82) is 0 Å². The van der Waals surface area contributed by atoms with Gasteiger partial charge in [0.25, 0.3) is 0 Å². The van der Waals surface area contributed by atoms with Crippen molar-refractivity contribution in [2.24, 2.45) is 0 Å². The van der Waals surface area contributed by atoms with E-state index in [0.29, 0.717) is 0 Å². The average molecular weight is 209 g/mol. The lowest BCUT2D eigenvalue weighted by Crippen LogP contribution is -2.32. The van der Waals surface area contributed by atoms with Crippen LogP contribution >= 0.6 is 0 Å². The van der Waals surface area contributed by atoms with Crippen LogP contribution in [0.5, 0.6) is 11.5 Å². The third kappa shape index (κ3) is 2.25. The Kier molecular flexibility index (Phi) is 2.94. The Balaban J connectivity index is 3.18. The third-order valence-electron chi connectivity index (χ3n) is 1.85. The summed E-state index contributed by atoms with van der Waals surface area (Å²) in [6.07, 6.45) is 0. The van der Waals surface area contributed by atoms with Crippen molar-refractivity contribution in [3.8, 4) is 11.5 Å². The maximum atomic E-state index is 11.1. The van der Waals surface area contributed by atoms with Gasteiger partial charge in [-0.05, 0) is 12.1 Å². The van der Waals surface area contributed by atoms with Crippen LogP contribution in [0.3, 0.4) is 0 Å². The minimum atomic E-state index is -0.451. The van der Waals surface area contributed by atoms with Gasteiger partial charge >= 0.3 is 0 Å². The third-order valence-corrected chi connectivity index (χ3v) is 1.85. The summed E-state index contributed by atoms with van der Waals surface area (Å²) >= 11 is 0. The zero-order valence-electron chi connectivity index (χ0n) is 8.39. The summed E-state index contributed by atoms with van der Waals surface area (Å²) in [5.74, 6) is -1.58. The second-order valence-corrected chi connectivity index (χ2v) is 3.05. The van der Waals surface area contributed by atoms with Crippen molar-refractivity contribution in [3.05, 3.63) is 18.2 Å². The number of hydrogen-bond donors (Lipinski definition) is 2. The molecule has 0 bridgehead atoms. The Morgan fingerprint density at radius 3 is 2.00 bits per heavy atom. The van der Waals surface area contributed by atoms with E-state index in [0.717, 1.165) is 11.0 Å². The summed E-state index contributed by atoms with van der Waals surface area (Å²) in [5.41, 5.74) is 0.227. The number of carbonyl (C=O) groups excluding carboxylic acids is 2. The SMILES string of the molecule is CC(=O)N(C(C)=O)c1ccc(O)c(O)c1. The molecule has 1 aromatic rings. The van der Waals surface area contributed by atoms with Gasteiger partial charge in [-0.25, -0.2) is 0 Å². The minimum Gasteiger partial charge on any atom is -0.504 e. The van der Waals surface area contributed by atoms with Gasteiger partial charge in [0, 0.05) is 19.9 Å². The molecule has 0 fully saturated rings. The van der Waals surface area contributed by atoms with Crippen LogP contribution in [0, 0.1) is 0 Å². The second kappa shape index (κ2) is 4.00. The molecule has 0 radical (unpaired) electrons. The molecule has 0 atom stereocenters. The van der Waals surface area contributed by atoms with Gasteiger partial charge in [0.15, 0.2) is 11.5 Å². The molecule has 15 heavy (non-hydrogen) atoms. The molecule has 0 unspecified atom stereocenters. The molecule has 0 aliphatic heterocycles.